The lowest BCUT2D eigenvalue weighted by Gasteiger charge is -2.16. The van der Waals surface area contributed by atoms with Crippen LogP contribution in [0.15, 0.2) is 48.8 Å². The fourth-order valence-corrected chi connectivity index (χ4v) is 4.84. The highest BCUT2D eigenvalue weighted by atomic mass is 35.5. The van der Waals surface area contributed by atoms with Crippen LogP contribution in [0, 0.1) is 0 Å². The van der Waals surface area contributed by atoms with Gasteiger partial charge in [-0.3, -0.25) is 10.1 Å². The van der Waals surface area contributed by atoms with Crippen LogP contribution in [0.5, 0.6) is 0 Å². The van der Waals surface area contributed by atoms with E-state index in [-0.39, 0.29) is 0 Å². The van der Waals surface area contributed by atoms with Crippen molar-refractivity contribution in [3.63, 3.8) is 0 Å². The standard InChI is InChI=1S/C21H16ClN7S/c22-16-4-3-15(30-16)19-17-13(7-10-24-19)26-21(27-17)20-18-14(28-29-20)2-1-12(25-18)11-5-8-23-9-6-11/h1-5,7-8,10-11,23H,6,9H2,(H,26,27)(H,28,29). The number of thiophene rings is 1. The Bertz CT molecular complexity index is 1410. The van der Waals surface area contributed by atoms with E-state index in [9.17, 15) is 0 Å². The van der Waals surface area contributed by atoms with Gasteiger partial charge < -0.3 is 10.3 Å². The summed E-state index contributed by atoms with van der Waals surface area (Å²) >= 11 is 7.61. The molecule has 6 heterocycles. The number of nitrogens with zero attached hydrogens (tertiary/aromatic N) is 4. The average Bonchev–Trinajstić information content (AvgIpc) is 3.51. The second-order valence-corrected chi connectivity index (χ2v) is 8.87. The van der Waals surface area contributed by atoms with Gasteiger partial charge in [0.15, 0.2) is 11.5 Å². The van der Waals surface area contributed by atoms with Crippen molar-refractivity contribution in [2.75, 3.05) is 6.54 Å². The minimum Gasteiger partial charge on any atom is -0.391 e. The number of nitrogens with one attached hydrogen (secondary N) is 3. The van der Waals surface area contributed by atoms with Crippen molar-refractivity contribution >= 4 is 45.0 Å². The maximum absolute atomic E-state index is 6.12. The molecule has 1 atom stereocenters. The third-order valence-corrected chi connectivity index (χ3v) is 6.52. The third kappa shape index (κ3) is 2.88. The Morgan fingerprint density at radius 3 is 2.77 bits per heavy atom. The van der Waals surface area contributed by atoms with E-state index in [4.69, 9.17) is 21.6 Å². The molecule has 1 unspecified atom stereocenters. The van der Waals surface area contributed by atoms with Gasteiger partial charge in [-0.1, -0.05) is 17.7 Å². The molecule has 0 aromatic carbocycles. The summed E-state index contributed by atoms with van der Waals surface area (Å²) < 4.78 is 0.724. The fourth-order valence-electron chi connectivity index (χ4n) is 3.80. The molecule has 0 radical (unpaired) electrons. The Morgan fingerprint density at radius 2 is 1.93 bits per heavy atom. The molecule has 5 aromatic heterocycles. The van der Waals surface area contributed by atoms with E-state index < -0.39 is 0 Å². The Morgan fingerprint density at radius 1 is 1.00 bits per heavy atom. The molecule has 5 aromatic rings. The molecule has 0 saturated heterocycles. The average molecular weight is 434 g/mol. The number of aromatic nitrogens is 6. The topological polar surface area (TPSA) is 95.2 Å². The Kier molecular flexibility index (Phi) is 4.07. The van der Waals surface area contributed by atoms with E-state index in [1.807, 2.05) is 30.5 Å². The first kappa shape index (κ1) is 17.6. The number of pyridine rings is 2. The highest BCUT2D eigenvalue weighted by molar-refractivity contribution is 7.19. The van der Waals surface area contributed by atoms with Crippen molar-refractivity contribution in [2.45, 2.75) is 12.3 Å². The number of H-pyrrole nitrogens is 2. The lowest BCUT2D eigenvalue weighted by atomic mass is 9.98. The summed E-state index contributed by atoms with van der Waals surface area (Å²) in [5.74, 6) is 0.965. The number of fused-ring (bicyclic) bond motifs is 2. The number of hydrogen-bond donors (Lipinski definition) is 3. The van der Waals surface area contributed by atoms with Gasteiger partial charge in [0, 0.05) is 24.4 Å². The van der Waals surface area contributed by atoms with Gasteiger partial charge in [-0.15, -0.1) is 11.3 Å². The summed E-state index contributed by atoms with van der Waals surface area (Å²) in [6.45, 7) is 0.950. The van der Waals surface area contributed by atoms with Crippen LogP contribution in [0.4, 0.5) is 0 Å². The zero-order valence-electron chi connectivity index (χ0n) is 15.7. The minimum absolute atomic E-state index is 0.299. The van der Waals surface area contributed by atoms with Crippen molar-refractivity contribution in [3.05, 3.63) is 58.8 Å². The first-order chi connectivity index (χ1) is 14.8. The second kappa shape index (κ2) is 6.93. The summed E-state index contributed by atoms with van der Waals surface area (Å²) in [5, 5.41) is 10.8. The number of aromatic amines is 2. The summed E-state index contributed by atoms with van der Waals surface area (Å²) in [4.78, 5) is 18.7. The largest absolute Gasteiger partial charge is 0.391 e. The molecule has 0 amide bonds. The smallest absolute Gasteiger partial charge is 0.161 e. The molecule has 0 spiro atoms. The summed E-state index contributed by atoms with van der Waals surface area (Å²) in [6.07, 6.45) is 6.95. The molecule has 3 N–H and O–H groups in total. The fraction of sp³-hybridized carbons (Fsp3) is 0.143. The molecule has 0 saturated carbocycles. The Labute approximate surface area is 180 Å². The zero-order valence-corrected chi connectivity index (χ0v) is 17.3. The number of rotatable bonds is 3. The van der Waals surface area contributed by atoms with Crippen molar-refractivity contribution in [1.29, 1.82) is 0 Å². The minimum atomic E-state index is 0.299. The van der Waals surface area contributed by atoms with Crippen LogP contribution in [0.1, 0.15) is 18.0 Å². The molecule has 0 aliphatic carbocycles. The molecule has 30 heavy (non-hydrogen) atoms. The van der Waals surface area contributed by atoms with Gasteiger partial charge in [0.05, 0.1) is 20.2 Å². The van der Waals surface area contributed by atoms with Crippen LogP contribution in [0.3, 0.4) is 0 Å². The van der Waals surface area contributed by atoms with Crippen molar-refractivity contribution in [1.82, 2.24) is 35.5 Å². The van der Waals surface area contributed by atoms with Crippen LogP contribution < -0.4 is 5.32 Å². The normalized spacial score (nSPS) is 16.4. The van der Waals surface area contributed by atoms with Gasteiger partial charge in [0.2, 0.25) is 0 Å². The molecule has 1 aliphatic rings. The molecule has 0 bridgehead atoms. The lowest BCUT2D eigenvalue weighted by Crippen LogP contribution is -2.16. The van der Waals surface area contributed by atoms with Gasteiger partial charge >= 0.3 is 0 Å². The van der Waals surface area contributed by atoms with Crippen molar-refractivity contribution in [3.8, 4) is 22.1 Å². The third-order valence-electron chi connectivity index (χ3n) is 5.29. The van der Waals surface area contributed by atoms with Crippen molar-refractivity contribution < 1.29 is 0 Å². The number of halogens is 1. The second-order valence-electron chi connectivity index (χ2n) is 7.16. The number of allylic oxidation sites excluding steroid dienone is 1. The predicted octanol–water partition coefficient (Wildman–Crippen LogP) is 4.87. The van der Waals surface area contributed by atoms with Gasteiger partial charge in [-0.2, -0.15) is 5.10 Å². The monoisotopic (exact) mass is 433 g/mol. The van der Waals surface area contributed by atoms with Crippen LogP contribution in [0.2, 0.25) is 4.34 Å². The predicted molar refractivity (Wildman–Crippen MR) is 120 cm³/mol. The molecule has 7 nitrogen and oxygen atoms in total. The van der Waals surface area contributed by atoms with Gasteiger partial charge in [0.1, 0.15) is 16.7 Å². The summed E-state index contributed by atoms with van der Waals surface area (Å²) in [5.41, 5.74) is 5.93. The SMILES string of the molecule is Clc1ccc(-c2nccc3[nH]c(-c4n[nH]c5ccc(C6C=CNCC6)nc45)nc23)s1. The van der Waals surface area contributed by atoms with Crippen LogP contribution in [0.25, 0.3) is 44.2 Å². The van der Waals surface area contributed by atoms with E-state index >= 15 is 0 Å². The molecule has 6 rings (SSSR count). The number of hydrogen-bond acceptors (Lipinski definition) is 6. The van der Waals surface area contributed by atoms with E-state index in [1.54, 1.807) is 6.20 Å². The van der Waals surface area contributed by atoms with E-state index in [0.29, 0.717) is 17.4 Å². The summed E-state index contributed by atoms with van der Waals surface area (Å²) in [7, 11) is 0. The molecular formula is C21H16ClN7S. The first-order valence-corrected chi connectivity index (χ1v) is 10.8. The van der Waals surface area contributed by atoms with E-state index in [0.717, 1.165) is 55.6 Å². The van der Waals surface area contributed by atoms with Crippen LogP contribution >= 0.6 is 22.9 Å². The highest BCUT2D eigenvalue weighted by Crippen LogP contribution is 2.35. The maximum Gasteiger partial charge on any atom is 0.161 e. The van der Waals surface area contributed by atoms with E-state index in [2.05, 4.69) is 37.6 Å². The number of imidazole rings is 1. The van der Waals surface area contributed by atoms with Crippen LogP contribution in [-0.2, 0) is 0 Å². The molecule has 1 aliphatic heterocycles. The van der Waals surface area contributed by atoms with Gasteiger partial charge in [-0.05, 0) is 43.0 Å². The Balaban J connectivity index is 1.48. The van der Waals surface area contributed by atoms with Crippen LogP contribution in [-0.4, -0.2) is 36.7 Å². The van der Waals surface area contributed by atoms with Crippen molar-refractivity contribution in [2.24, 2.45) is 0 Å². The van der Waals surface area contributed by atoms with Gasteiger partial charge in [0.25, 0.3) is 0 Å². The molecule has 0 fully saturated rings. The maximum atomic E-state index is 6.12. The van der Waals surface area contributed by atoms with E-state index in [1.165, 1.54) is 11.3 Å². The summed E-state index contributed by atoms with van der Waals surface area (Å²) in [6, 6.07) is 9.85. The lowest BCUT2D eigenvalue weighted by molar-refractivity contribution is 0.646. The molecule has 148 valence electrons. The quantitative estimate of drug-likeness (QED) is 0.377. The highest BCUT2D eigenvalue weighted by Gasteiger charge is 2.19. The van der Waals surface area contributed by atoms with Gasteiger partial charge in [-0.25, -0.2) is 9.97 Å². The first-order valence-electron chi connectivity index (χ1n) is 9.62. The molecule has 9 heteroatoms. The zero-order chi connectivity index (χ0) is 20.1. The molecular weight excluding hydrogens is 418 g/mol. The Hall–Kier alpha value is -3.23.